The van der Waals surface area contributed by atoms with Crippen molar-refractivity contribution in [2.45, 2.75) is 13.5 Å². The van der Waals surface area contributed by atoms with Gasteiger partial charge in [0.15, 0.2) is 0 Å². The van der Waals surface area contributed by atoms with Crippen LogP contribution in [0, 0.1) is 0 Å². The van der Waals surface area contributed by atoms with Gasteiger partial charge in [0.05, 0.1) is 6.61 Å². The summed E-state index contributed by atoms with van der Waals surface area (Å²) in [6.45, 7) is 2.35. The predicted molar refractivity (Wildman–Crippen MR) is 80.7 cm³/mol. The lowest BCUT2D eigenvalue weighted by atomic mass is 10.2. The number of esters is 1. The Kier molecular flexibility index (Phi) is 5.30. The van der Waals surface area contributed by atoms with Crippen LogP contribution in [0.5, 0.6) is 0 Å². The van der Waals surface area contributed by atoms with Gasteiger partial charge >= 0.3 is 5.97 Å². The number of hydrogen-bond acceptors (Lipinski definition) is 5. The van der Waals surface area contributed by atoms with E-state index < -0.39 is 5.97 Å². The van der Waals surface area contributed by atoms with Gasteiger partial charge in [-0.2, -0.15) is 0 Å². The topological polar surface area (TPSA) is 68.3 Å². The first-order valence-electron chi connectivity index (χ1n) is 6.25. The van der Waals surface area contributed by atoms with E-state index in [1.54, 1.807) is 19.1 Å². The molecular weight excluding hydrogens is 312 g/mol. The Morgan fingerprint density at radius 3 is 2.71 bits per heavy atom. The van der Waals surface area contributed by atoms with E-state index in [4.69, 9.17) is 16.3 Å². The second-order valence-electron chi connectivity index (χ2n) is 4.07. The van der Waals surface area contributed by atoms with Crippen molar-refractivity contribution in [1.82, 2.24) is 10.3 Å². The van der Waals surface area contributed by atoms with Gasteiger partial charge in [-0.1, -0.05) is 23.7 Å². The molecular formula is C14H13ClN2O3S. The fraction of sp³-hybridized carbons (Fsp3) is 0.214. The van der Waals surface area contributed by atoms with Crippen molar-refractivity contribution < 1.29 is 14.3 Å². The van der Waals surface area contributed by atoms with Crippen LogP contribution < -0.4 is 5.32 Å². The maximum absolute atomic E-state index is 11.9. The minimum atomic E-state index is -0.515. The Morgan fingerprint density at radius 2 is 2.05 bits per heavy atom. The highest BCUT2D eigenvalue weighted by atomic mass is 35.5. The summed E-state index contributed by atoms with van der Waals surface area (Å²) in [5.41, 5.74) is 1.13. The van der Waals surface area contributed by atoms with Gasteiger partial charge < -0.3 is 10.1 Å². The molecule has 0 saturated heterocycles. The quantitative estimate of drug-likeness (QED) is 0.859. The summed E-state index contributed by atoms with van der Waals surface area (Å²) in [7, 11) is 0. The van der Waals surface area contributed by atoms with E-state index in [9.17, 15) is 9.59 Å². The Bertz CT molecular complexity index is 640. The SMILES string of the molecule is CCOC(=O)c1nc(C(=O)NCc2ccc(Cl)cc2)cs1. The summed E-state index contributed by atoms with van der Waals surface area (Å²) < 4.78 is 4.83. The second kappa shape index (κ2) is 7.19. The van der Waals surface area contributed by atoms with Crippen LogP contribution in [-0.2, 0) is 11.3 Å². The number of carbonyl (C=O) groups is 2. The number of halogens is 1. The number of thiazole rings is 1. The van der Waals surface area contributed by atoms with Crippen LogP contribution in [0.4, 0.5) is 0 Å². The third kappa shape index (κ3) is 4.27. The Hall–Kier alpha value is -1.92. The third-order valence-corrected chi connectivity index (χ3v) is 3.63. The van der Waals surface area contributed by atoms with Crippen LogP contribution in [0.25, 0.3) is 0 Å². The Morgan fingerprint density at radius 1 is 1.33 bits per heavy atom. The molecule has 0 aliphatic rings. The summed E-state index contributed by atoms with van der Waals surface area (Å²) in [5, 5.41) is 5.08. The van der Waals surface area contributed by atoms with Crippen LogP contribution in [-0.4, -0.2) is 23.5 Å². The lowest BCUT2D eigenvalue weighted by Gasteiger charge is -2.03. The molecule has 2 rings (SSSR count). The van der Waals surface area contributed by atoms with E-state index in [0.717, 1.165) is 16.9 Å². The van der Waals surface area contributed by atoms with Crippen LogP contribution in [0.1, 0.15) is 32.8 Å². The standard InChI is InChI=1S/C14H13ClN2O3S/c1-2-20-14(19)13-17-11(8-21-13)12(18)16-7-9-3-5-10(15)6-4-9/h3-6,8H,2,7H2,1H3,(H,16,18). The zero-order valence-electron chi connectivity index (χ0n) is 11.3. The number of amides is 1. The molecule has 1 aromatic heterocycles. The molecule has 1 amide bonds. The van der Waals surface area contributed by atoms with Crippen LogP contribution in [0.2, 0.25) is 5.02 Å². The molecule has 1 aromatic carbocycles. The molecule has 0 spiro atoms. The summed E-state index contributed by atoms with van der Waals surface area (Å²) in [4.78, 5) is 27.4. The highest BCUT2D eigenvalue weighted by molar-refractivity contribution is 7.11. The van der Waals surface area contributed by atoms with Crippen molar-refractivity contribution in [2.75, 3.05) is 6.61 Å². The maximum atomic E-state index is 11.9. The average Bonchev–Trinajstić information content (AvgIpc) is 2.96. The number of benzene rings is 1. The summed E-state index contributed by atoms with van der Waals surface area (Å²) in [6, 6.07) is 7.16. The van der Waals surface area contributed by atoms with Crippen LogP contribution >= 0.6 is 22.9 Å². The van der Waals surface area contributed by atoms with Crippen LogP contribution in [0.3, 0.4) is 0 Å². The maximum Gasteiger partial charge on any atom is 0.367 e. The van der Waals surface area contributed by atoms with Gasteiger partial charge in [0.1, 0.15) is 5.69 Å². The molecule has 110 valence electrons. The number of aromatic nitrogens is 1. The van der Waals surface area contributed by atoms with E-state index >= 15 is 0 Å². The van der Waals surface area contributed by atoms with Crippen molar-refractivity contribution >= 4 is 34.8 Å². The van der Waals surface area contributed by atoms with E-state index in [1.165, 1.54) is 5.38 Å². The molecule has 1 heterocycles. The highest BCUT2D eigenvalue weighted by Gasteiger charge is 2.16. The van der Waals surface area contributed by atoms with Crippen molar-refractivity contribution in [3.8, 4) is 0 Å². The molecule has 5 nitrogen and oxygen atoms in total. The fourth-order valence-corrected chi connectivity index (χ4v) is 2.35. The normalized spacial score (nSPS) is 10.2. The van der Waals surface area contributed by atoms with E-state index in [1.807, 2.05) is 12.1 Å². The monoisotopic (exact) mass is 324 g/mol. The number of nitrogens with zero attached hydrogens (tertiary/aromatic N) is 1. The van der Waals surface area contributed by atoms with Gasteiger partial charge in [0.2, 0.25) is 5.01 Å². The van der Waals surface area contributed by atoms with Crippen molar-refractivity contribution in [1.29, 1.82) is 0 Å². The first-order chi connectivity index (χ1) is 10.1. The predicted octanol–water partition coefficient (Wildman–Crippen LogP) is 2.90. The van der Waals surface area contributed by atoms with Crippen LogP contribution in [0.15, 0.2) is 29.6 Å². The van der Waals surface area contributed by atoms with Crippen molar-refractivity contribution in [3.63, 3.8) is 0 Å². The van der Waals surface area contributed by atoms with E-state index in [-0.39, 0.29) is 23.2 Å². The smallest absolute Gasteiger partial charge is 0.367 e. The number of carbonyl (C=O) groups excluding carboxylic acids is 2. The zero-order valence-corrected chi connectivity index (χ0v) is 12.8. The molecule has 0 aliphatic heterocycles. The molecule has 7 heteroatoms. The molecule has 0 radical (unpaired) electrons. The molecule has 2 aromatic rings. The first-order valence-corrected chi connectivity index (χ1v) is 7.51. The number of nitrogens with one attached hydrogen (secondary N) is 1. The summed E-state index contributed by atoms with van der Waals surface area (Å²) in [6.07, 6.45) is 0. The van der Waals surface area contributed by atoms with Gasteiger partial charge in [-0.05, 0) is 24.6 Å². The fourth-order valence-electron chi connectivity index (χ4n) is 1.54. The zero-order chi connectivity index (χ0) is 15.2. The Labute approximate surface area is 130 Å². The largest absolute Gasteiger partial charge is 0.461 e. The lowest BCUT2D eigenvalue weighted by molar-refractivity contribution is 0.0526. The van der Waals surface area contributed by atoms with Gasteiger partial charge in [0.25, 0.3) is 5.91 Å². The lowest BCUT2D eigenvalue weighted by Crippen LogP contribution is -2.23. The molecule has 0 fully saturated rings. The van der Waals surface area contributed by atoms with E-state index in [2.05, 4.69) is 10.3 Å². The highest BCUT2D eigenvalue weighted by Crippen LogP contribution is 2.12. The molecule has 21 heavy (non-hydrogen) atoms. The Balaban J connectivity index is 1.94. The molecule has 0 saturated carbocycles. The number of hydrogen-bond donors (Lipinski definition) is 1. The van der Waals surface area contributed by atoms with Crippen molar-refractivity contribution in [2.24, 2.45) is 0 Å². The van der Waals surface area contributed by atoms with Gasteiger partial charge in [0, 0.05) is 16.9 Å². The number of rotatable bonds is 5. The molecule has 1 N–H and O–H groups in total. The summed E-state index contributed by atoms with van der Waals surface area (Å²) >= 11 is 6.87. The molecule has 0 atom stereocenters. The van der Waals surface area contributed by atoms with Gasteiger partial charge in [-0.3, -0.25) is 4.79 Å². The van der Waals surface area contributed by atoms with Gasteiger partial charge in [-0.25, -0.2) is 9.78 Å². The second-order valence-corrected chi connectivity index (χ2v) is 5.36. The van der Waals surface area contributed by atoms with E-state index in [0.29, 0.717) is 11.6 Å². The minimum absolute atomic E-state index is 0.175. The molecule has 0 aliphatic carbocycles. The first kappa shape index (κ1) is 15.5. The number of ether oxygens (including phenoxy) is 1. The molecule has 0 unspecified atom stereocenters. The minimum Gasteiger partial charge on any atom is -0.461 e. The van der Waals surface area contributed by atoms with Gasteiger partial charge in [-0.15, -0.1) is 11.3 Å². The van der Waals surface area contributed by atoms with Crippen molar-refractivity contribution in [3.05, 3.63) is 50.9 Å². The molecule has 0 bridgehead atoms. The average molecular weight is 325 g/mol. The third-order valence-electron chi connectivity index (χ3n) is 2.55. The summed E-state index contributed by atoms with van der Waals surface area (Å²) in [5.74, 6) is -0.851.